The van der Waals surface area contributed by atoms with Gasteiger partial charge in [0.25, 0.3) is 5.91 Å². The monoisotopic (exact) mass is 559 g/mol. The van der Waals surface area contributed by atoms with Gasteiger partial charge in [-0.15, -0.1) is 0 Å². The average Bonchev–Trinajstić information content (AvgIpc) is 3.30. The lowest BCUT2D eigenvalue weighted by atomic mass is 10.1. The van der Waals surface area contributed by atoms with Gasteiger partial charge in [0.2, 0.25) is 0 Å². The molecule has 0 radical (unpaired) electrons. The number of anilines is 2. The van der Waals surface area contributed by atoms with Gasteiger partial charge in [-0.3, -0.25) is 9.48 Å². The second-order valence-corrected chi connectivity index (χ2v) is 10.8. The summed E-state index contributed by atoms with van der Waals surface area (Å²) in [5, 5.41) is 6.72. The van der Waals surface area contributed by atoms with Crippen LogP contribution in [0.25, 0.3) is 11.1 Å². The summed E-state index contributed by atoms with van der Waals surface area (Å²) in [6.07, 6.45) is 0.339. The summed E-state index contributed by atoms with van der Waals surface area (Å²) in [6, 6.07) is 10.6. The van der Waals surface area contributed by atoms with E-state index in [9.17, 15) is 26.4 Å². The van der Waals surface area contributed by atoms with E-state index in [2.05, 4.69) is 15.4 Å². The number of halogens is 3. The number of hydrogen-bond donors (Lipinski definition) is 2. The fourth-order valence-corrected chi connectivity index (χ4v) is 4.74. The number of sulfone groups is 1. The number of carbonyl (C=O) groups excluding carboxylic acids is 1. The predicted octanol–water partition coefficient (Wildman–Crippen LogP) is 4.88. The summed E-state index contributed by atoms with van der Waals surface area (Å²) in [6.45, 7) is 1.77. The lowest BCUT2D eigenvalue weighted by molar-refractivity contribution is -0.139. The molecule has 2 aromatic carbocycles. The van der Waals surface area contributed by atoms with Gasteiger partial charge in [-0.1, -0.05) is 12.1 Å². The third-order valence-corrected chi connectivity index (χ3v) is 6.92. The van der Waals surface area contributed by atoms with Gasteiger partial charge in [0.05, 0.1) is 16.7 Å². The number of aryl methyl sites for hydroxylation is 1. The van der Waals surface area contributed by atoms with E-state index in [-0.39, 0.29) is 11.4 Å². The molecule has 4 rings (SSSR count). The van der Waals surface area contributed by atoms with Gasteiger partial charge >= 0.3 is 6.18 Å². The fourth-order valence-electron chi connectivity index (χ4n) is 3.81. The highest BCUT2D eigenvalue weighted by atomic mass is 32.2. The van der Waals surface area contributed by atoms with E-state index in [0.29, 0.717) is 35.4 Å². The molecule has 0 spiro atoms. The standard InChI is InChI=1S/C26H24F3N5O4S/c1-15(38-22-10-18(12-31-24(22)30)19-13-32-34(2)14-19)16-5-4-6-20(9-16)33-25(35)17-7-8-21(26(27,28)29)23(11-17)39(3,36)37/h4-15H,1-3H3,(H2,30,31)(H,33,35). The summed E-state index contributed by atoms with van der Waals surface area (Å²) in [5.74, 6) is -0.253. The van der Waals surface area contributed by atoms with Crippen LogP contribution in [0, 0.1) is 0 Å². The summed E-state index contributed by atoms with van der Waals surface area (Å²) in [5.41, 5.74) is 6.99. The summed E-state index contributed by atoms with van der Waals surface area (Å²) in [7, 11) is -2.46. The molecule has 39 heavy (non-hydrogen) atoms. The number of nitrogens with zero attached hydrogens (tertiary/aromatic N) is 3. The number of benzene rings is 2. The van der Waals surface area contributed by atoms with Gasteiger partial charge in [-0.25, -0.2) is 13.4 Å². The van der Waals surface area contributed by atoms with Crippen molar-refractivity contribution in [1.29, 1.82) is 0 Å². The largest absolute Gasteiger partial charge is 0.482 e. The molecule has 0 aliphatic carbocycles. The van der Waals surface area contributed by atoms with Crippen LogP contribution >= 0.6 is 0 Å². The van der Waals surface area contributed by atoms with Crippen LogP contribution in [0.4, 0.5) is 24.7 Å². The Morgan fingerprint density at radius 1 is 1.10 bits per heavy atom. The Morgan fingerprint density at radius 2 is 1.85 bits per heavy atom. The molecule has 1 amide bonds. The first-order chi connectivity index (χ1) is 18.2. The van der Waals surface area contributed by atoms with Gasteiger partial charge < -0.3 is 15.8 Å². The topological polar surface area (TPSA) is 129 Å². The number of pyridine rings is 1. The highest BCUT2D eigenvalue weighted by Gasteiger charge is 2.36. The van der Waals surface area contributed by atoms with Crippen LogP contribution in [-0.4, -0.2) is 35.3 Å². The van der Waals surface area contributed by atoms with Crippen molar-refractivity contribution in [2.24, 2.45) is 7.05 Å². The van der Waals surface area contributed by atoms with Gasteiger partial charge in [0.15, 0.2) is 21.4 Å². The van der Waals surface area contributed by atoms with Crippen LogP contribution < -0.4 is 15.8 Å². The summed E-state index contributed by atoms with van der Waals surface area (Å²) in [4.78, 5) is 16.0. The van der Waals surface area contributed by atoms with Crippen LogP contribution in [0.1, 0.15) is 34.5 Å². The zero-order valence-electron chi connectivity index (χ0n) is 21.0. The van der Waals surface area contributed by atoms with Crippen molar-refractivity contribution >= 4 is 27.2 Å². The summed E-state index contributed by atoms with van der Waals surface area (Å²) < 4.78 is 71.5. The number of nitrogens with two attached hydrogens (primary N) is 1. The van der Waals surface area contributed by atoms with E-state index in [4.69, 9.17) is 10.5 Å². The number of carbonyl (C=O) groups is 1. The third kappa shape index (κ3) is 6.37. The van der Waals surface area contributed by atoms with Crippen molar-refractivity contribution < 1.29 is 31.1 Å². The average molecular weight is 560 g/mol. The molecule has 2 heterocycles. The number of ether oxygens (including phenoxy) is 1. The number of alkyl halides is 3. The molecule has 4 aromatic rings. The van der Waals surface area contributed by atoms with Crippen molar-refractivity contribution in [3.05, 3.63) is 83.8 Å². The third-order valence-electron chi connectivity index (χ3n) is 5.79. The highest BCUT2D eigenvalue weighted by molar-refractivity contribution is 7.90. The molecule has 2 aromatic heterocycles. The Labute approximate surface area is 222 Å². The zero-order chi connectivity index (χ0) is 28.5. The van der Waals surface area contributed by atoms with E-state index < -0.39 is 38.5 Å². The Kier molecular flexibility index (Phi) is 7.37. The van der Waals surface area contributed by atoms with Crippen LogP contribution in [0.15, 0.2) is 72.0 Å². The highest BCUT2D eigenvalue weighted by Crippen LogP contribution is 2.35. The first-order valence-electron chi connectivity index (χ1n) is 11.5. The Hall–Kier alpha value is -4.39. The number of aromatic nitrogens is 3. The van der Waals surface area contributed by atoms with E-state index >= 15 is 0 Å². The van der Waals surface area contributed by atoms with Crippen molar-refractivity contribution in [3.63, 3.8) is 0 Å². The number of nitrogen functional groups attached to an aromatic ring is 1. The van der Waals surface area contributed by atoms with Crippen molar-refractivity contribution in [1.82, 2.24) is 14.8 Å². The van der Waals surface area contributed by atoms with Gasteiger partial charge in [-0.2, -0.15) is 18.3 Å². The second kappa shape index (κ2) is 10.4. The van der Waals surface area contributed by atoms with Gasteiger partial charge in [0, 0.05) is 48.1 Å². The molecule has 204 valence electrons. The molecule has 0 saturated carbocycles. The van der Waals surface area contributed by atoms with Crippen molar-refractivity contribution in [2.75, 3.05) is 17.3 Å². The molecule has 0 saturated heterocycles. The Bertz CT molecular complexity index is 1650. The zero-order valence-corrected chi connectivity index (χ0v) is 21.8. The Morgan fingerprint density at radius 3 is 2.49 bits per heavy atom. The SMILES string of the molecule is CC(Oc1cc(-c2cnn(C)c2)cnc1N)c1cccc(NC(=O)c2ccc(C(F)(F)F)c(S(C)(=O)=O)c2)c1. The number of amides is 1. The van der Waals surface area contributed by atoms with Crippen molar-refractivity contribution in [2.45, 2.75) is 24.1 Å². The van der Waals surface area contributed by atoms with Gasteiger partial charge in [0.1, 0.15) is 6.10 Å². The normalized spacial score (nSPS) is 12.7. The summed E-state index contributed by atoms with van der Waals surface area (Å²) >= 11 is 0. The van der Waals surface area contributed by atoms with Crippen molar-refractivity contribution in [3.8, 4) is 16.9 Å². The molecule has 3 N–H and O–H groups in total. The lowest BCUT2D eigenvalue weighted by Gasteiger charge is -2.18. The van der Waals surface area contributed by atoms with E-state index in [0.717, 1.165) is 17.2 Å². The minimum Gasteiger partial charge on any atom is -0.482 e. The smallest absolute Gasteiger partial charge is 0.417 e. The molecule has 0 aliphatic rings. The molecule has 0 fully saturated rings. The van der Waals surface area contributed by atoms with E-state index in [1.165, 1.54) is 0 Å². The lowest BCUT2D eigenvalue weighted by Crippen LogP contribution is -2.17. The molecule has 1 unspecified atom stereocenters. The first kappa shape index (κ1) is 27.6. The maximum absolute atomic E-state index is 13.3. The number of rotatable bonds is 7. The minimum atomic E-state index is -4.89. The Balaban J connectivity index is 1.54. The predicted molar refractivity (Wildman–Crippen MR) is 139 cm³/mol. The van der Waals surface area contributed by atoms with Crippen LogP contribution in [0.5, 0.6) is 5.75 Å². The maximum atomic E-state index is 13.3. The van der Waals surface area contributed by atoms with Gasteiger partial charge in [-0.05, 0) is 48.9 Å². The molecule has 9 nitrogen and oxygen atoms in total. The van der Waals surface area contributed by atoms with Crippen LogP contribution in [-0.2, 0) is 23.1 Å². The first-order valence-corrected chi connectivity index (χ1v) is 13.4. The second-order valence-electron chi connectivity index (χ2n) is 8.83. The van der Waals surface area contributed by atoms with Crippen LogP contribution in [0.3, 0.4) is 0 Å². The molecule has 0 bridgehead atoms. The molecular formula is C26H24F3N5O4S. The van der Waals surface area contributed by atoms with E-state index in [1.54, 1.807) is 61.4 Å². The number of nitrogens with one attached hydrogen (secondary N) is 1. The molecular weight excluding hydrogens is 535 g/mol. The molecule has 1 atom stereocenters. The quantitative estimate of drug-likeness (QED) is 0.330. The minimum absolute atomic E-state index is 0.183. The molecule has 13 heteroatoms. The van der Waals surface area contributed by atoms with E-state index in [1.807, 2.05) is 6.20 Å². The molecule has 0 aliphatic heterocycles. The maximum Gasteiger partial charge on any atom is 0.417 e. The number of hydrogen-bond acceptors (Lipinski definition) is 7. The fraction of sp³-hybridized carbons (Fsp3) is 0.192. The van der Waals surface area contributed by atoms with Crippen LogP contribution in [0.2, 0.25) is 0 Å².